The van der Waals surface area contributed by atoms with Gasteiger partial charge in [0.15, 0.2) is 0 Å². The van der Waals surface area contributed by atoms with Crippen molar-refractivity contribution in [3.05, 3.63) is 65.7 Å². The van der Waals surface area contributed by atoms with Gasteiger partial charge >= 0.3 is 0 Å². The lowest BCUT2D eigenvalue weighted by molar-refractivity contribution is -0.143. The second-order valence-corrected chi connectivity index (χ2v) is 21.3. The number of nitrogens with one attached hydrogen (secondary N) is 9. The summed E-state index contributed by atoms with van der Waals surface area (Å²) in [6, 6.07) is 1.11. The molecule has 1 aliphatic rings. The first-order valence-electron chi connectivity index (χ1n) is 27.7. The van der Waals surface area contributed by atoms with E-state index in [0.717, 1.165) is 6.92 Å². The lowest BCUT2D eigenvalue weighted by Crippen LogP contribution is -2.62. The molecule has 0 aromatic heterocycles. The Kier molecular flexibility index (Phi) is 28.6. The lowest BCUT2D eigenvalue weighted by atomic mass is 10.00. The summed E-state index contributed by atoms with van der Waals surface area (Å²) in [4.78, 5) is 161. The minimum Gasteiger partial charge on any atom is -0.508 e. The number of primary amides is 2. The first-order valence-corrected chi connectivity index (χ1v) is 27.7. The highest BCUT2D eigenvalue weighted by Crippen LogP contribution is 2.22. The quantitative estimate of drug-likeness (QED) is 0.0291. The van der Waals surface area contributed by atoms with Gasteiger partial charge in [-0.25, -0.2) is 0 Å². The molecule has 2 aromatic carbocycles. The number of unbranched alkanes of at least 4 members (excludes halogenated alkanes) is 1. The topological polar surface area (TPSA) is 481 Å². The number of aliphatic hydroxyl groups is 2. The number of rotatable bonds is 34. The maximum atomic E-state index is 14.0. The molecule has 1 fully saturated rings. The number of aliphatic hydroxyl groups excluding tert-OH is 2. The van der Waals surface area contributed by atoms with E-state index >= 15 is 0 Å². The van der Waals surface area contributed by atoms with Crippen molar-refractivity contribution in [3.63, 3.8) is 0 Å². The molecule has 3 rings (SSSR count). The third-order valence-corrected chi connectivity index (χ3v) is 13.7. The van der Waals surface area contributed by atoms with Crippen molar-refractivity contribution in [2.45, 2.75) is 159 Å². The van der Waals surface area contributed by atoms with Crippen LogP contribution in [-0.4, -0.2) is 184 Å². The van der Waals surface area contributed by atoms with Crippen molar-refractivity contribution in [3.8, 4) is 5.75 Å². The molecule has 29 nitrogen and oxygen atoms in total. The largest absolute Gasteiger partial charge is 0.508 e. The number of phenols is 1. The zero-order valence-corrected chi connectivity index (χ0v) is 48.2. The van der Waals surface area contributed by atoms with Crippen LogP contribution in [0.4, 0.5) is 0 Å². The Hall–Kier alpha value is -8.28. The highest BCUT2D eigenvalue weighted by Gasteiger charge is 2.42. The number of carbonyl (C=O) groups is 12. The molecule has 1 aliphatic heterocycles. The Morgan fingerprint density at radius 1 is 0.607 bits per heavy atom. The fraction of sp³-hybridized carbons (Fsp3) is 0.564. The number of amides is 12. The average Bonchev–Trinajstić information content (AvgIpc) is 4.18. The zero-order valence-electron chi connectivity index (χ0n) is 48.2. The highest BCUT2D eigenvalue weighted by molar-refractivity contribution is 5.99. The van der Waals surface area contributed by atoms with Crippen LogP contribution >= 0.6 is 0 Å². The summed E-state index contributed by atoms with van der Waals surface area (Å²) < 4.78 is 0. The standard InChI is InChI=1S/C55H84N14O15/c1-28(2)43(53(82)60-26-42(74)62-39(27-70)51(80)63-36(15-10-11-21-56)49(78)61-30(5)47(76)64-37(46(59)75)24-32-13-8-7-9-14-32)66-50(79)38(25-41(58)73)65-54(83)45(31(6)71)68-52(81)40-16-12-22-69(40)55(84)44(29(3)4)67-48(77)35(57)23-33-17-19-34(72)20-18-33/h7-9,13-14,17-20,28-31,35-40,43-45,70-72H,10-12,15-16,21-27,56-57H2,1-6H3,(H2,58,73)(H2,59,75)(H,60,82)(H,61,78)(H,62,74)(H,63,80)(H,64,76)(H,65,83)(H,66,79)(H,67,77)(H,68,81)/t30-,31+,35-,36-,37-,38-,39-,40-,43-,44-,45-/m0/s1. The van der Waals surface area contributed by atoms with Gasteiger partial charge in [-0.2, -0.15) is 0 Å². The van der Waals surface area contributed by atoms with Crippen molar-refractivity contribution in [2.75, 3.05) is 26.2 Å². The molecule has 0 unspecified atom stereocenters. The molecular weight excluding hydrogens is 1100 g/mol. The molecule has 0 spiro atoms. The maximum Gasteiger partial charge on any atom is 0.246 e. The van der Waals surface area contributed by atoms with Gasteiger partial charge in [-0.3, -0.25) is 57.5 Å². The monoisotopic (exact) mass is 1180 g/mol. The van der Waals surface area contributed by atoms with Crippen LogP contribution < -0.4 is 70.8 Å². The SMILES string of the molecule is CC(C)[C@H](NC(=O)[C@H](CC(N)=O)NC(=O)[C@@H](NC(=O)[C@@H]1CCCN1C(=O)[C@@H](NC(=O)[C@@H](N)Cc1ccc(O)cc1)C(C)C)[C@@H](C)O)C(=O)NCC(=O)N[C@@H](CO)C(=O)N[C@@H](CCCCN)C(=O)N[C@@H](C)C(=O)N[C@@H](Cc1ccccc1)C(N)=O. The van der Waals surface area contributed by atoms with Gasteiger partial charge in [0.2, 0.25) is 70.9 Å². The molecule has 11 atom stereocenters. The van der Waals surface area contributed by atoms with Crippen molar-refractivity contribution in [1.29, 1.82) is 0 Å². The van der Waals surface area contributed by atoms with Crippen LogP contribution in [0.15, 0.2) is 54.6 Å². The minimum absolute atomic E-state index is 0.0159. The number of likely N-dealkylation sites (tertiary alicyclic amines) is 1. The number of hydrogen-bond donors (Lipinski definition) is 16. The Balaban J connectivity index is 1.64. The van der Waals surface area contributed by atoms with E-state index in [9.17, 15) is 72.9 Å². The number of nitrogens with zero attached hydrogens (tertiary/aromatic N) is 1. The Morgan fingerprint density at radius 2 is 1.18 bits per heavy atom. The number of nitrogens with two attached hydrogens (primary N) is 4. The van der Waals surface area contributed by atoms with Crippen molar-refractivity contribution >= 4 is 70.9 Å². The summed E-state index contributed by atoms with van der Waals surface area (Å²) in [5, 5.41) is 52.2. The van der Waals surface area contributed by atoms with Gasteiger partial charge in [0, 0.05) is 13.0 Å². The maximum absolute atomic E-state index is 14.0. The summed E-state index contributed by atoms with van der Waals surface area (Å²) in [7, 11) is 0. The smallest absolute Gasteiger partial charge is 0.246 e. The Labute approximate surface area is 487 Å². The molecule has 29 heteroatoms. The van der Waals surface area contributed by atoms with E-state index in [1.54, 1.807) is 56.3 Å². The average molecular weight is 1180 g/mol. The molecule has 1 heterocycles. The molecule has 84 heavy (non-hydrogen) atoms. The number of aromatic hydroxyl groups is 1. The summed E-state index contributed by atoms with van der Waals surface area (Å²) >= 11 is 0. The number of phenolic OH excluding ortho intramolecular Hbond substituents is 1. The Bertz CT molecular complexity index is 2610. The fourth-order valence-corrected chi connectivity index (χ4v) is 8.85. The van der Waals surface area contributed by atoms with Gasteiger partial charge in [0.25, 0.3) is 0 Å². The first-order chi connectivity index (χ1) is 39.6. The van der Waals surface area contributed by atoms with Crippen LogP contribution in [-0.2, 0) is 70.4 Å². The normalized spacial score (nSPS) is 16.6. The molecule has 0 radical (unpaired) electrons. The predicted octanol–water partition coefficient (Wildman–Crippen LogP) is -5.32. The van der Waals surface area contributed by atoms with Crippen LogP contribution in [0.25, 0.3) is 0 Å². The fourth-order valence-electron chi connectivity index (χ4n) is 8.85. The van der Waals surface area contributed by atoms with E-state index in [-0.39, 0.29) is 44.5 Å². The van der Waals surface area contributed by atoms with Gasteiger partial charge in [-0.05, 0) is 94.0 Å². The van der Waals surface area contributed by atoms with Crippen LogP contribution in [0, 0.1) is 11.8 Å². The number of hydrogen-bond acceptors (Lipinski definition) is 17. The Morgan fingerprint density at radius 3 is 1.75 bits per heavy atom. The van der Waals surface area contributed by atoms with Crippen molar-refractivity contribution < 1.29 is 72.9 Å². The van der Waals surface area contributed by atoms with E-state index in [4.69, 9.17) is 22.9 Å². The minimum atomic E-state index is -1.80. The molecule has 0 aliphatic carbocycles. The third-order valence-electron chi connectivity index (χ3n) is 13.7. The second kappa shape index (κ2) is 34.4. The van der Waals surface area contributed by atoms with Gasteiger partial charge < -0.3 is 91.0 Å². The van der Waals surface area contributed by atoms with Gasteiger partial charge in [0.05, 0.1) is 31.7 Å². The molecule has 1 saturated heterocycles. The molecule has 464 valence electrons. The molecule has 0 bridgehead atoms. The van der Waals surface area contributed by atoms with Gasteiger partial charge in [-0.15, -0.1) is 0 Å². The van der Waals surface area contributed by atoms with Gasteiger partial charge in [-0.1, -0.05) is 70.2 Å². The summed E-state index contributed by atoms with van der Waals surface area (Å²) in [5.74, 6) is -12.0. The summed E-state index contributed by atoms with van der Waals surface area (Å²) in [5.41, 5.74) is 24.1. The highest BCUT2D eigenvalue weighted by atomic mass is 16.3. The lowest BCUT2D eigenvalue weighted by Gasteiger charge is -2.32. The third kappa shape index (κ3) is 22.5. The molecular formula is C55H84N14O15. The summed E-state index contributed by atoms with van der Waals surface area (Å²) in [6.07, 6.45) is -1.01. The van der Waals surface area contributed by atoms with E-state index in [2.05, 4.69) is 47.9 Å². The van der Waals surface area contributed by atoms with Crippen LogP contribution in [0.1, 0.15) is 91.2 Å². The van der Waals surface area contributed by atoms with E-state index in [0.29, 0.717) is 30.4 Å². The zero-order chi connectivity index (χ0) is 63.0. The molecule has 20 N–H and O–H groups in total. The van der Waals surface area contributed by atoms with Crippen LogP contribution in [0.3, 0.4) is 0 Å². The second-order valence-electron chi connectivity index (χ2n) is 21.3. The van der Waals surface area contributed by atoms with Crippen LogP contribution in [0.5, 0.6) is 5.75 Å². The van der Waals surface area contributed by atoms with E-state index < -0.39 is 169 Å². The van der Waals surface area contributed by atoms with Crippen molar-refractivity contribution in [2.24, 2.45) is 34.8 Å². The van der Waals surface area contributed by atoms with Crippen LogP contribution in [0.2, 0.25) is 0 Å². The summed E-state index contributed by atoms with van der Waals surface area (Å²) in [6.45, 7) is 7.44. The molecule has 2 aromatic rings. The molecule has 0 saturated carbocycles. The van der Waals surface area contributed by atoms with Gasteiger partial charge in [0.1, 0.15) is 60.1 Å². The molecule has 12 amide bonds. The predicted molar refractivity (Wildman–Crippen MR) is 303 cm³/mol. The van der Waals surface area contributed by atoms with Crippen molar-refractivity contribution in [1.82, 2.24) is 52.8 Å². The number of benzene rings is 2. The van der Waals surface area contributed by atoms with E-state index in [1.165, 1.54) is 37.8 Å². The first kappa shape index (κ1) is 70.0. The number of carbonyl (C=O) groups excluding carboxylic acids is 12. The van der Waals surface area contributed by atoms with E-state index in [1.807, 2.05) is 0 Å².